The van der Waals surface area contributed by atoms with E-state index in [1.54, 1.807) is 12.1 Å². The minimum Gasteiger partial charge on any atom is -0.494 e. The van der Waals surface area contributed by atoms with Crippen molar-refractivity contribution in [3.8, 4) is 5.75 Å². The fourth-order valence-electron chi connectivity index (χ4n) is 2.77. The Morgan fingerprint density at radius 3 is 2.41 bits per heavy atom. The number of halogens is 2. The van der Waals surface area contributed by atoms with E-state index in [2.05, 4.69) is 17.1 Å². The topological polar surface area (TPSA) is 41.6 Å². The second kappa shape index (κ2) is 8.04. The molecule has 0 aliphatic carbocycles. The number of hydrogen-bond acceptors (Lipinski definition) is 3. The first-order valence-corrected chi connectivity index (χ1v) is 8.37. The molecule has 1 aliphatic heterocycles. The van der Waals surface area contributed by atoms with Gasteiger partial charge in [0, 0.05) is 24.7 Å². The molecule has 0 atom stereocenters. The van der Waals surface area contributed by atoms with Gasteiger partial charge in [-0.25, -0.2) is 0 Å². The molecule has 4 nitrogen and oxygen atoms in total. The molecule has 1 aromatic rings. The van der Waals surface area contributed by atoms with Crippen molar-refractivity contribution in [1.82, 2.24) is 10.2 Å². The number of amides is 1. The zero-order valence-electron chi connectivity index (χ0n) is 13.0. The smallest absolute Gasteiger partial charge is 0.251 e. The van der Waals surface area contributed by atoms with Gasteiger partial charge in [-0.1, -0.05) is 30.1 Å². The fraction of sp³-hybridized carbons (Fsp3) is 0.562. The SMILES string of the molecule is CCCN1CCC(NC(=O)c2cc(Cl)c(OC)c(Cl)c2)CC1. The molecule has 0 saturated carbocycles. The summed E-state index contributed by atoms with van der Waals surface area (Å²) in [6, 6.07) is 3.39. The largest absolute Gasteiger partial charge is 0.494 e. The highest BCUT2D eigenvalue weighted by atomic mass is 35.5. The molecule has 0 spiro atoms. The van der Waals surface area contributed by atoms with E-state index >= 15 is 0 Å². The molecule has 1 fully saturated rings. The average molecular weight is 345 g/mol. The molecule has 1 saturated heterocycles. The molecule has 1 aliphatic rings. The van der Waals surface area contributed by atoms with Gasteiger partial charge in [0.2, 0.25) is 0 Å². The number of likely N-dealkylation sites (tertiary alicyclic amines) is 1. The van der Waals surface area contributed by atoms with Crippen molar-refractivity contribution < 1.29 is 9.53 Å². The number of nitrogens with one attached hydrogen (secondary N) is 1. The van der Waals surface area contributed by atoms with Crippen LogP contribution >= 0.6 is 23.2 Å². The number of hydrogen-bond donors (Lipinski definition) is 1. The highest BCUT2D eigenvalue weighted by Crippen LogP contribution is 2.33. The van der Waals surface area contributed by atoms with Crippen LogP contribution in [0.25, 0.3) is 0 Å². The van der Waals surface area contributed by atoms with Crippen molar-refractivity contribution in [3.05, 3.63) is 27.7 Å². The van der Waals surface area contributed by atoms with E-state index in [9.17, 15) is 4.79 Å². The van der Waals surface area contributed by atoms with Gasteiger partial charge in [-0.05, 0) is 37.9 Å². The minimum absolute atomic E-state index is 0.139. The maximum absolute atomic E-state index is 12.3. The summed E-state index contributed by atoms with van der Waals surface area (Å²) < 4.78 is 5.09. The van der Waals surface area contributed by atoms with Gasteiger partial charge < -0.3 is 15.0 Å². The number of benzene rings is 1. The van der Waals surface area contributed by atoms with E-state index in [0.29, 0.717) is 21.4 Å². The normalized spacial score (nSPS) is 16.5. The van der Waals surface area contributed by atoms with E-state index in [0.717, 1.165) is 32.5 Å². The molecule has 1 heterocycles. The van der Waals surface area contributed by atoms with Crippen molar-refractivity contribution >= 4 is 29.1 Å². The van der Waals surface area contributed by atoms with E-state index in [1.807, 2.05) is 0 Å². The van der Waals surface area contributed by atoms with Crippen molar-refractivity contribution in [3.63, 3.8) is 0 Å². The molecular weight excluding hydrogens is 323 g/mol. The van der Waals surface area contributed by atoms with Crippen LogP contribution in [0.2, 0.25) is 10.0 Å². The van der Waals surface area contributed by atoms with Crippen LogP contribution in [0.15, 0.2) is 12.1 Å². The Kier molecular flexibility index (Phi) is 6.36. The average Bonchev–Trinajstić information content (AvgIpc) is 2.49. The van der Waals surface area contributed by atoms with Crippen LogP contribution < -0.4 is 10.1 Å². The van der Waals surface area contributed by atoms with Gasteiger partial charge in [0.1, 0.15) is 0 Å². The maximum atomic E-state index is 12.3. The zero-order valence-corrected chi connectivity index (χ0v) is 14.5. The van der Waals surface area contributed by atoms with Gasteiger partial charge >= 0.3 is 0 Å². The van der Waals surface area contributed by atoms with Gasteiger partial charge in [-0.3, -0.25) is 4.79 Å². The summed E-state index contributed by atoms with van der Waals surface area (Å²) in [6.07, 6.45) is 3.12. The molecule has 1 amide bonds. The first-order chi connectivity index (χ1) is 10.5. The lowest BCUT2D eigenvalue weighted by Crippen LogP contribution is -2.44. The van der Waals surface area contributed by atoms with Crippen LogP contribution in [0.5, 0.6) is 5.75 Å². The van der Waals surface area contributed by atoms with Crippen LogP contribution in [-0.4, -0.2) is 43.6 Å². The van der Waals surface area contributed by atoms with E-state index in [1.165, 1.54) is 13.5 Å². The number of carbonyl (C=O) groups is 1. The Labute approximate surface area is 141 Å². The summed E-state index contributed by atoms with van der Waals surface area (Å²) in [6.45, 7) is 5.38. The molecule has 0 aromatic heterocycles. The van der Waals surface area contributed by atoms with E-state index < -0.39 is 0 Å². The number of piperidine rings is 1. The molecule has 0 unspecified atom stereocenters. The van der Waals surface area contributed by atoms with Gasteiger partial charge in [0.25, 0.3) is 5.91 Å². The van der Waals surface area contributed by atoms with Crippen molar-refractivity contribution in [1.29, 1.82) is 0 Å². The quantitative estimate of drug-likeness (QED) is 0.887. The molecule has 0 radical (unpaired) electrons. The highest BCUT2D eigenvalue weighted by molar-refractivity contribution is 6.37. The van der Waals surface area contributed by atoms with Crippen LogP contribution in [0.3, 0.4) is 0 Å². The number of nitrogens with zero attached hydrogens (tertiary/aromatic N) is 1. The Hall–Kier alpha value is -0.970. The standard InChI is InChI=1S/C16H22Cl2N2O2/c1-3-6-20-7-4-12(5-8-20)19-16(21)11-9-13(17)15(22-2)14(18)10-11/h9-10,12H,3-8H2,1-2H3,(H,19,21). The van der Waals surface area contributed by atoms with E-state index in [4.69, 9.17) is 27.9 Å². The third kappa shape index (κ3) is 4.28. The lowest BCUT2D eigenvalue weighted by atomic mass is 10.0. The maximum Gasteiger partial charge on any atom is 0.251 e. The Morgan fingerprint density at radius 2 is 1.91 bits per heavy atom. The summed E-state index contributed by atoms with van der Waals surface area (Å²) in [5.41, 5.74) is 0.465. The number of carbonyl (C=O) groups excluding carboxylic acids is 1. The van der Waals surface area contributed by atoms with Crippen molar-refractivity contribution in [2.24, 2.45) is 0 Å². The van der Waals surface area contributed by atoms with Crippen LogP contribution in [0, 0.1) is 0 Å². The second-order valence-corrected chi connectivity index (χ2v) is 6.38. The molecule has 1 aromatic carbocycles. The number of rotatable bonds is 5. The van der Waals surface area contributed by atoms with Gasteiger partial charge in [-0.2, -0.15) is 0 Å². The molecule has 122 valence electrons. The number of methoxy groups -OCH3 is 1. The van der Waals surface area contributed by atoms with Crippen molar-refractivity contribution in [2.75, 3.05) is 26.7 Å². The molecular formula is C16H22Cl2N2O2. The van der Waals surface area contributed by atoms with Crippen LogP contribution in [0.1, 0.15) is 36.5 Å². The minimum atomic E-state index is -0.139. The third-order valence-corrected chi connectivity index (χ3v) is 4.49. The summed E-state index contributed by atoms with van der Waals surface area (Å²) in [4.78, 5) is 14.8. The predicted molar refractivity (Wildman–Crippen MR) is 90.2 cm³/mol. The monoisotopic (exact) mass is 344 g/mol. The summed E-state index contributed by atoms with van der Waals surface area (Å²) in [7, 11) is 1.50. The Balaban J connectivity index is 1.96. The molecule has 6 heteroatoms. The van der Waals surface area contributed by atoms with Gasteiger partial charge in [0.05, 0.1) is 17.2 Å². The Bertz CT molecular complexity index is 506. The molecule has 2 rings (SSSR count). The molecule has 0 bridgehead atoms. The lowest BCUT2D eigenvalue weighted by Gasteiger charge is -2.32. The van der Waals surface area contributed by atoms with Crippen LogP contribution in [-0.2, 0) is 0 Å². The first-order valence-electron chi connectivity index (χ1n) is 7.61. The zero-order chi connectivity index (χ0) is 16.1. The summed E-state index contributed by atoms with van der Waals surface area (Å²) >= 11 is 12.2. The van der Waals surface area contributed by atoms with E-state index in [-0.39, 0.29) is 11.9 Å². The highest BCUT2D eigenvalue weighted by Gasteiger charge is 2.21. The Morgan fingerprint density at radius 1 is 1.32 bits per heavy atom. The van der Waals surface area contributed by atoms with Crippen molar-refractivity contribution in [2.45, 2.75) is 32.2 Å². The van der Waals surface area contributed by atoms with Gasteiger partial charge in [-0.15, -0.1) is 0 Å². The summed E-state index contributed by atoms with van der Waals surface area (Å²) in [5, 5.41) is 3.76. The predicted octanol–water partition coefficient (Wildman–Crippen LogP) is 3.61. The molecule has 1 N–H and O–H groups in total. The number of ether oxygens (including phenoxy) is 1. The first kappa shape index (κ1) is 17.4. The summed E-state index contributed by atoms with van der Waals surface area (Å²) in [5.74, 6) is 0.258. The van der Waals surface area contributed by atoms with Gasteiger partial charge in [0.15, 0.2) is 5.75 Å². The van der Waals surface area contributed by atoms with Crippen LogP contribution in [0.4, 0.5) is 0 Å². The lowest BCUT2D eigenvalue weighted by molar-refractivity contribution is 0.0911. The fourth-order valence-corrected chi connectivity index (χ4v) is 3.41. The third-order valence-electron chi connectivity index (χ3n) is 3.93. The second-order valence-electron chi connectivity index (χ2n) is 5.56. The molecule has 22 heavy (non-hydrogen) atoms.